The van der Waals surface area contributed by atoms with Crippen molar-refractivity contribution in [1.82, 2.24) is 15.1 Å². The van der Waals surface area contributed by atoms with Crippen LogP contribution in [0.5, 0.6) is 0 Å². The van der Waals surface area contributed by atoms with E-state index >= 15 is 0 Å². The summed E-state index contributed by atoms with van der Waals surface area (Å²) >= 11 is 0. The number of hydrogen-bond donors (Lipinski definition) is 1. The normalized spacial score (nSPS) is 10.6. The van der Waals surface area contributed by atoms with Crippen molar-refractivity contribution < 1.29 is 18.7 Å². The van der Waals surface area contributed by atoms with Crippen LogP contribution in [0.2, 0.25) is 0 Å². The zero-order valence-corrected chi connectivity index (χ0v) is 16.1. The first kappa shape index (κ1) is 20.3. The Labute approximate surface area is 168 Å². The maximum absolute atomic E-state index is 13.5. The summed E-state index contributed by atoms with van der Waals surface area (Å²) in [6.45, 7) is 1.48. The van der Waals surface area contributed by atoms with Crippen molar-refractivity contribution in [2.24, 2.45) is 0 Å². The summed E-state index contributed by atoms with van der Waals surface area (Å²) in [5.74, 6) is -1.22. The average molecular weight is 395 g/mol. The number of benzene rings is 2. The lowest BCUT2D eigenvalue weighted by Gasteiger charge is -2.07. The maximum Gasteiger partial charge on any atom is 0.306 e. The van der Waals surface area contributed by atoms with Crippen LogP contribution in [0.4, 0.5) is 4.39 Å². The van der Waals surface area contributed by atoms with Gasteiger partial charge in [-0.05, 0) is 48.2 Å². The molecule has 150 valence electrons. The molecule has 0 aliphatic carbocycles. The minimum absolute atomic E-state index is 0.150. The molecular weight excluding hydrogens is 373 g/mol. The van der Waals surface area contributed by atoms with E-state index in [0.29, 0.717) is 17.5 Å². The molecule has 0 radical (unpaired) electrons. The van der Waals surface area contributed by atoms with E-state index < -0.39 is 11.9 Å². The van der Waals surface area contributed by atoms with Crippen molar-refractivity contribution in [2.45, 2.75) is 26.3 Å². The predicted octanol–water partition coefficient (Wildman–Crippen LogP) is 3.11. The summed E-state index contributed by atoms with van der Waals surface area (Å²) in [7, 11) is 0. The first-order valence-corrected chi connectivity index (χ1v) is 9.27. The molecule has 3 aromatic rings. The molecule has 0 unspecified atom stereocenters. The number of rotatable bonds is 8. The topological polar surface area (TPSA) is 73.2 Å². The molecule has 1 N–H and O–H groups in total. The maximum atomic E-state index is 13.5. The first-order valence-electron chi connectivity index (χ1n) is 9.27. The lowest BCUT2D eigenvalue weighted by atomic mass is 10.1. The highest BCUT2D eigenvalue weighted by atomic mass is 19.1. The van der Waals surface area contributed by atoms with Crippen molar-refractivity contribution in [3.05, 3.63) is 83.4 Å². The number of nitrogens with zero attached hydrogens (tertiary/aromatic N) is 2. The van der Waals surface area contributed by atoms with Crippen LogP contribution < -0.4 is 5.32 Å². The summed E-state index contributed by atoms with van der Waals surface area (Å²) in [5.41, 5.74) is 3.02. The highest BCUT2D eigenvalue weighted by Crippen LogP contribution is 2.10. The van der Waals surface area contributed by atoms with Crippen LogP contribution in [-0.2, 0) is 27.3 Å². The van der Waals surface area contributed by atoms with E-state index in [1.807, 2.05) is 36.5 Å². The zero-order chi connectivity index (χ0) is 20.6. The van der Waals surface area contributed by atoms with Gasteiger partial charge in [0, 0.05) is 19.2 Å². The number of halogens is 1. The zero-order valence-electron chi connectivity index (χ0n) is 16.1. The molecule has 0 bridgehead atoms. The predicted molar refractivity (Wildman–Crippen MR) is 106 cm³/mol. The lowest BCUT2D eigenvalue weighted by Crippen LogP contribution is -2.28. The molecule has 3 rings (SSSR count). The number of carbonyl (C=O) groups excluding carboxylic acids is 2. The number of ether oxygens (including phenoxy) is 1. The van der Waals surface area contributed by atoms with Crippen molar-refractivity contribution in [1.29, 1.82) is 0 Å². The van der Waals surface area contributed by atoms with Gasteiger partial charge >= 0.3 is 5.97 Å². The van der Waals surface area contributed by atoms with Crippen molar-refractivity contribution >= 4 is 11.9 Å². The van der Waals surface area contributed by atoms with Gasteiger partial charge in [-0.1, -0.05) is 30.3 Å². The summed E-state index contributed by atoms with van der Waals surface area (Å²) in [4.78, 5) is 23.7. The minimum Gasteiger partial charge on any atom is -0.456 e. The molecule has 0 saturated carbocycles. The Morgan fingerprint density at radius 1 is 1.14 bits per heavy atom. The van der Waals surface area contributed by atoms with Gasteiger partial charge in [-0.3, -0.25) is 9.59 Å². The van der Waals surface area contributed by atoms with Crippen molar-refractivity contribution in [2.75, 3.05) is 6.61 Å². The van der Waals surface area contributed by atoms with Gasteiger partial charge in [-0.2, -0.15) is 5.10 Å². The largest absolute Gasteiger partial charge is 0.456 e. The number of esters is 1. The fourth-order valence-corrected chi connectivity index (χ4v) is 2.67. The van der Waals surface area contributed by atoms with Crippen LogP contribution in [0.3, 0.4) is 0 Å². The Morgan fingerprint density at radius 2 is 1.93 bits per heavy atom. The number of hydrogen-bond acceptors (Lipinski definition) is 4. The SMILES string of the molecule is Cc1ccc(CNC(=O)COC(=O)CCc2cnn(-c3ccccc3)c2)cc1F. The van der Waals surface area contributed by atoms with Crippen molar-refractivity contribution in [3.8, 4) is 5.69 Å². The summed E-state index contributed by atoms with van der Waals surface area (Å²) in [5, 5.41) is 6.88. The number of nitrogens with one attached hydrogen (secondary N) is 1. The van der Waals surface area contributed by atoms with E-state index in [2.05, 4.69) is 10.4 Å². The van der Waals surface area contributed by atoms with Gasteiger partial charge in [0.15, 0.2) is 6.61 Å². The highest BCUT2D eigenvalue weighted by molar-refractivity contribution is 5.80. The van der Waals surface area contributed by atoms with Gasteiger partial charge < -0.3 is 10.1 Å². The molecule has 0 atom stereocenters. The van der Waals surface area contributed by atoms with Crippen LogP contribution in [0.25, 0.3) is 5.69 Å². The number of amides is 1. The summed E-state index contributed by atoms with van der Waals surface area (Å²) in [6.07, 6.45) is 4.18. The van der Waals surface area contributed by atoms with E-state index in [1.165, 1.54) is 6.07 Å². The molecule has 0 saturated heterocycles. The molecular formula is C22H22FN3O3. The van der Waals surface area contributed by atoms with Crippen LogP contribution in [0.1, 0.15) is 23.1 Å². The van der Waals surface area contributed by atoms with Gasteiger partial charge in [-0.25, -0.2) is 9.07 Å². The van der Waals surface area contributed by atoms with Gasteiger partial charge in [0.2, 0.25) is 0 Å². The third kappa shape index (κ3) is 6.00. The van der Waals surface area contributed by atoms with E-state index in [-0.39, 0.29) is 25.4 Å². The molecule has 0 aliphatic rings. The van der Waals surface area contributed by atoms with Crippen molar-refractivity contribution in [3.63, 3.8) is 0 Å². The van der Waals surface area contributed by atoms with Crippen LogP contribution in [0.15, 0.2) is 60.9 Å². The summed E-state index contributed by atoms with van der Waals surface area (Å²) in [6, 6.07) is 14.4. The number of aryl methyl sites for hydroxylation is 2. The van der Waals surface area contributed by atoms with E-state index in [4.69, 9.17) is 4.74 Å². The molecule has 1 heterocycles. The standard InChI is InChI=1S/C22H22FN3O3/c1-16-7-8-17(11-20(16)23)12-24-21(27)15-29-22(28)10-9-18-13-25-26(14-18)19-5-3-2-4-6-19/h2-8,11,13-14H,9-10,12,15H2,1H3,(H,24,27). The van der Waals surface area contributed by atoms with Gasteiger partial charge in [-0.15, -0.1) is 0 Å². The highest BCUT2D eigenvalue weighted by Gasteiger charge is 2.09. The van der Waals surface area contributed by atoms with E-state index in [1.54, 1.807) is 29.9 Å². The third-order valence-corrected chi connectivity index (χ3v) is 4.36. The van der Waals surface area contributed by atoms with Crippen LogP contribution >= 0.6 is 0 Å². The van der Waals surface area contributed by atoms with E-state index in [0.717, 1.165) is 11.3 Å². The Morgan fingerprint density at radius 3 is 2.69 bits per heavy atom. The van der Waals surface area contributed by atoms with Gasteiger partial charge in [0.05, 0.1) is 11.9 Å². The second kappa shape index (κ2) is 9.64. The molecule has 0 spiro atoms. The fraction of sp³-hybridized carbons (Fsp3) is 0.227. The molecule has 2 aromatic carbocycles. The Balaban J connectivity index is 1.38. The third-order valence-electron chi connectivity index (χ3n) is 4.36. The molecule has 29 heavy (non-hydrogen) atoms. The molecule has 7 heteroatoms. The monoisotopic (exact) mass is 395 g/mol. The Bertz CT molecular complexity index is 986. The molecule has 6 nitrogen and oxygen atoms in total. The van der Waals surface area contributed by atoms with Crippen LogP contribution in [0, 0.1) is 12.7 Å². The Hall–Kier alpha value is -3.48. The minimum atomic E-state index is -0.464. The van der Waals surface area contributed by atoms with E-state index in [9.17, 15) is 14.0 Å². The van der Waals surface area contributed by atoms with Crippen LogP contribution in [-0.4, -0.2) is 28.3 Å². The van der Waals surface area contributed by atoms with Gasteiger partial charge in [0.1, 0.15) is 5.82 Å². The average Bonchev–Trinajstić information content (AvgIpc) is 3.21. The number of para-hydroxylation sites is 1. The quantitative estimate of drug-likeness (QED) is 0.595. The smallest absolute Gasteiger partial charge is 0.306 e. The lowest BCUT2D eigenvalue weighted by molar-refractivity contribution is -0.148. The molecule has 1 amide bonds. The molecule has 1 aromatic heterocycles. The number of carbonyl (C=O) groups is 2. The second-order valence-electron chi connectivity index (χ2n) is 6.65. The molecule has 0 fully saturated rings. The number of aromatic nitrogens is 2. The first-order chi connectivity index (χ1) is 14.0. The fourth-order valence-electron chi connectivity index (χ4n) is 2.67. The summed E-state index contributed by atoms with van der Waals surface area (Å²) < 4.78 is 20.2. The Kier molecular flexibility index (Phi) is 6.73. The molecule has 0 aliphatic heterocycles. The van der Waals surface area contributed by atoms with Gasteiger partial charge in [0.25, 0.3) is 5.91 Å². The second-order valence-corrected chi connectivity index (χ2v) is 6.65.